The van der Waals surface area contributed by atoms with Gasteiger partial charge in [0, 0.05) is 5.56 Å². The molecule has 0 amide bonds. The number of alkyl halides is 1. The molecule has 0 fully saturated rings. The second-order valence-corrected chi connectivity index (χ2v) is 7.53. The first-order valence-electron chi connectivity index (χ1n) is 7.59. The van der Waals surface area contributed by atoms with Crippen molar-refractivity contribution in [2.24, 2.45) is 5.92 Å². The summed E-state index contributed by atoms with van der Waals surface area (Å²) in [6.45, 7) is 6.20. The quantitative estimate of drug-likeness (QED) is 0.416. The van der Waals surface area contributed by atoms with Crippen LogP contribution in [0.2, 0.25) is 5.02 Å². The van der Waals surface area contributed by atoms with E-state index in [1.807, 2.05) is 31.2 Å². The fraction of sp³-hybridized carbons (Fsp3) is 0.316. The molecule has 0 aliphatic carbocycles. The Hall–Kier alpha value is -1.32. The maximum Gasteiger partial charge on any atom is 0.176 e. The molecule has 0 aliphatic heterocycles. The van der Waals surface area contributed by atoms with Gasteiger partial charge in [-0.1, -0.05) is 59.1 Å². The Morgan fingerprint density at radius 2 is 1.83 bits per heavy atom. The summed E-state index contributed by atoms with van der Waals surface area (Å²) in [4.78, 5) is 12.2. The highest BCUT2D eigenvalue weighted by Crippen LogP contribution is 2.31. The van der Waals surface area contributed by atoms with Crippen molar-refractivity contribution >= 4 is 33.3 Å². The van der Waals surface area contributed by atoms with Crippen molar-refractivity contribution in [3.05, 3.63) is 58.6 Å². The van der Waals surface area contributed by atoms with Crippen molar-refractivity contribution in [2.45, 2.75) is 32.0 Å². The Labute approximate surface area is 150 Å². The van der Waals surface area contributed by atoms with Crippen LogP contribution in [0.25, 0.3) is 0 Å². The van der Waals surface area contributed by atoms with Crippen molar-refractivity contribution in [1.82, 2.24) is 0 Å². The maximum absolute atomic E-state index is 12.4. The zero-order valence-electron chi connectivity index (χ0n) is 13.5. The molecule has 2 aromatic rings. The number of carbonyl (C=O) groups is 1. The monoisotopic (exact) mass is 394 g/mol. The molecule has 1 unspecified atom stereocenters. The number of hydrogen-bond acceptors (Lipinski definition) is 2. The molecule has 0 saturated carbocycles. The summed E-state index contributed by atoms with van der Waals surface area (Å²) in [6.07, 6.45) is 0.790. The molecule has 122 valence electrons. The van der Waals surface area contributed by atoms with E-state index in [4.69, 9.17) is 16.3 Å². The Morgan fingerprint density at radius 1 is 1.17 bits per heavy atom. The van der Waals surface area contributed by atoms with Gasteiger partial charge in [0.25, 0.3) is 0 Å². The number of Topliss-reactive ketones (excluding diaryl/α,β-unsaturated/α-hetero) is 1. The van der Waals surface area contributed by atoms with Gasteiger partial charge in [0.2, 0.25) is 0 Å². The normalized spacial score (nSPS) is 12.3. The Balaban J connectivity index is 2.14. The molecule has 0 spiro atoms. The average Bonchev–Trinajstić information content (AvgIpc) is 2.50. The van der Waals surface area contributed by atoms with E-state index in [0.717, 1.165) is 17.7 Å². The molecule has 0 N–H and O–H groups in total. The molecular weight excluding hydrogens is 376 g/mol. The van der Waals surface area contributed by atoms with E-state index in [1.54, 1.807) is 18.2 Å². The first-order valence-corrected chi connectivity index (χ1v) is 8.88. The molecule has 0 radical (unpaired) electrons. The highest BCUT2D eigenvalue weighted by Gasteiger charge is 2.19. The van der Waals surface area contributed by atoms with E-state index in [9.17, 15) is 4.79 Å². The van der Waals surface area contributed by atoms with E-state index in [2.05, 4.69) is 29.8 Å². The Kier molecular flexibility index (Phi) is 6.25. The lowest BCUT2D eigenvalue weighted by atomic mass is 10.0. The first kappa shape index (κ1) is 18.0. The van der Waals surface area contributed by atoms with Crippen LogP contribution in [0.5, 0.6) is 11.5 Å². The number of hydrogen-bond donors (Lipinski definition) is 0. The number of ketones is 1. The third-order valence-corrected chi connectivity index (χ3v) is 4.51. The van der Waals surface area contributed by atoms with Gasteiger partial charge >= 0.3 is 0 Å². The summed E-state index contributed by atoms with van der Waals surface area (Å²) in [5.41, 5.74) is 1.76. The number of benzene rings is 2. The Morgan fingerprint density at radius 3 is 2.39 bits per heavy atom. The maximum atomic E-state index is 12.4. The second-order valence-electron chi connectivity index (χ2n) is 6.02. The second kappa shape index (κ2) is 7.98. The van der Waals surface area contributed by atoms with Gasteiger partial charge in [-0.3, -0.25) is 4.79 Å². The van der Waals surface area contributed by atoms with Crippen LogP contribution in [-0.2, 0) is 0 Å². The van der Waals surface area contributed by atoms with Gasteiger partial charge in [-0.05, 0) is 49.6 Å². The molecule has 2 aromatic carbocycles. The summed E-state index contributed by atoms with van der Waals surface area (Å²) in [5.74, 6) is 1.75. The summed E-state index contributed by atoms with van der Waals surface area (Å²) < 4.78 is 5.77. The van der Waals surface area contributed by atoms with E-state index in [0.29, 0.717) is 22.3 Å². The molecule has 0 bridgehead atoms. The van der Waals surface area contributed by atoms with Crippen molar-refractivity contribution in [1.29, 1.82) is 0 Å². The molecule has 0 saturated heterocycles. The number of ether oxygens (including phenoxy) is 1. The summed E-state index contributed by atoms with van der Waals surface area (Å²) in [6, 6.07) is 12.9. The first-order chi connectivity index (χ1) is 10.9. The van der Waals surface area contributed by atoms with Gasteiger partial charge in [-0.2, -0.15) is 0 Å². The molecule has 2 rings (SSSR count). The van der Waals surface area contributed by atoms with Gasteiger partial charge in [0.15, 0.2) is 5.78 Å². The van der Waals surface area contributed by atoms with Crippen LogP contribution in [0.1, 0.15) is 36.2 Å². The highest BCUT2D eigenvalue weighted by atomic mass is 79.9. The average molecular weight is 396 g/mol. The van der Waals surface area contributed by atoms with E-state index in [1.165, 1.54) is 0 Å². The fourth-order valence-electron chi connectivity index (χ4n) is 2.17. The van der Waals surface area contributed by atoms with E-state index in [-0.39, 0.29) is 10.6 Å². The van der Waals surface area contributed by atoms with Gasteiger partial charge in [0.05, 0.1) is 9.85 Å². The summed E-state index contributed by atoms with van der Waals surface area (Å²) >= 11 is 9.73. The van der Waals surface area contributed by atoms with Crippen LogP contribution < -0.4 is 4.74 Å². The van der Waals surface area contributed by atoms with Crippen molar-refractivity contribution in [2.75, 3.05) is 0 Å². The number of aryl methyl sites for hydroxylation is 1. The predicted octanol–water partition coefficient (Wildman–Crippen LogP) is 6.43. The molecular formula is C19H20BrClO2. The molecule has 23 heavy (non-hydrogen) atoms. The minimum Gasteiger partial charge on any atom is -0.456 e. The van der Waals surface area contributed by atoms with Gasteiger partial charge in [-0.15, -0.1) is 0 Å². The lowest BCUT2D eigenvalue weighted by Crippen LogP contribution is -2.16. The van der Waals surface area contributed by atoms with Crippen LogP contribution in [0, 0.1) is 12.8 Å². The number of carbonyl (C=O) groups excluding carboxylic acids is 1. The van der Waals surface area contributed by atoms with Crippen molar-refractivity contribution in [3.8, 4) is 11.5 Å². The molecule has 0 aliphatic rings. The highest BCUT2D eigenvalue weighted by molar-refractivity contribution is 9.10. The van der Waals surface area contributed by atoms with Crippen LogP contribution in [-0.4, -0.2) is 10.6 Å². The topological polar surface area (TPSA) is 26.3 Å². The van der Waals surface area contributed by atoms with Crippen LogP contribution in [0.15, 0.2) is 42.5 Å². The van der Waals surface area contributed by atoms with E-state index >= 15 is 0 Å². The van der Waals surface area contributed by atoms with E-state index < -0.39 is 0 Å². The molecule has 1 atom stereocenters. The van der Waals surface area contributed by atoms with Crippen molar-refractivity contribution < 1.29 is 9.53 Å². The van der Waals surface area contributed by atoms with Gasteiger partial charge in [-0.25, -0.2) is 0 Å². The lowest BCUT2D eigenvalue weighted by Gasteiger charge is -2.13. The van der Waals surface area contributed by atoms with Crippen LogP contribution in [0.4, 0.5) is 0 Å². The molecule has 4 heteroatoms. The Bertz CT molecular complexity index is 680. The SMILES string of the molecule is Cc1ccc(Oc2ccc(C(=O)C(Br)CC(C)C)cc2Cl)cc1. The molecule has 2 nitrogen and oxygen atoms in total. The van der Waals surface area contributed by atoms with Crippen LogP contribution in [0.3, 0.4) is 0 Å². The zero-order valence-corrected chi connectivity index (χ0v) is 15.8. The van der Waals surface area contributed by atoms with Crippen LogP contribution >= 0.6 is 27.5 Å². The number of rotatable bonds is 6. The standard InChI is InChI=1S/C19H20BrClO2/c1-12(2)10-16(20)19(22)14-6-9-18(17(21)11-14)23-15-7-4-13(3)5-8-15/h4-9,11-12,16H,10H2,1-3H3. The molecule has 0 aromatic heterocycles. The fourth-order valence-corrected chi connectivity index (χ4v) is 3.40. The smallest absolute Gasteiger partial charge is 0.176 e. The minimum absolute atomic E-state index is 0.0440. The lowest BCUT2D eigenvalue weighted by molar-refractivity contribution is 0.0984. The summed E-state index contributed by atoms with van der Waals surface area (Å²) in [7, 11) is 0. The third-order valence-electron chi connectivity index (χ3n) is 3.43. The predicted molar refractivity (Wildman–Crippen MR) is 99.2 cm³/mol. The zero-order chi connectivity index (χ0) is 17.0. The van der Waals surface area contributed by atoms with Crippen molar-refractivity contribution in [3.63, 3.8) is 0 Å². The van der Waals surface area contributed by atoms with Gasteiger partial charge in [0.1, 0.15) is 11.5 Å². The summed E-state index contributed by atoms with van der Waals surface area (Å²) in [5, 5.41) is 0.431. The van der Waals surface area contributed by atoms with Gasteiger partial charge < -0.3 is 4.74 Å². The third kappa shape index (κ3) is 5.08. The minimum atomic E-state index is -0.192. The molecule has 0 heterocycles. The largest absolute Gasteiger partial charge is 0.456 e. The number of halogens is 2.